The molecule has 1 rings (SSSR count). The number of ether oxygens (including phenoxy) is 5. The fourth-order valence-corrected chi connectivity index (χ4v) is 4.01. The van der Waals surface area contributed by atoms with Crippen LogP contribution in [-0.2, 0) is 33.3 Å². The zero-order valence-electron chi connectivity index (χ0n) is 25.8. The molecule has 2 unspecified atom stereocenters. The molecule has 238 valence electrons. The van der Waals surface area contributed by atoms with Crippen LogP contribution in [0.1, 0.15) is 47.5 Å². The maximum absolute atomic E-state index is 12.4. The van der Waals surface area contributed by atoms with Gasteiger partial charge in [0.25, 0.3) is 0 Å². The SMILES string of the molecule is CC(C)/C=C/CNC(=O)COCCOC(COC1=CC(C)CC(NC(=O)CCOCCOCCNC(C)C)=C1)SC#N. The van der Waals surface area contributed by atoms with Crippen LogP contribution in [0.3, 0.4) is 0 Å². The Bertz CT molecular complexity index is 903. The normalized spacial score (nSPS) is 15.8. The van der Waals surface area contributed by atoms with Crippen LogP contribution in [0.4, 0.5) is 0 Å². The van der Waals surface area contributed by atoms with E-state index in [2.05, 4.69) is 43.6 Å². The van der Waals surface area contributed by atoms with Gasteiger partial charge in [-0.2, -0.15) is 5.26 Å². The van der Waals surface area contributed by atoms with Gasteiger partial charge in [0, 0.05) is 24.8 Å². The minimum Gasteiger partial charge on any atom is -0.490 e. The molecule has 0 saturated carbocycles. The number of nitriles is 1. The standard InChI is InChI=1S/C30H50N4O7S/c1-23(2)7-6-9-33-29(36)20-39-15-16-40-30(42-22-31)21-41-27-18-25(5)17-26(19-27)34-28(35)8-11-37-13-14-38-12-10-32-24(3)4/h6-7,18-19,23-25,30,32H,8-17,20-21H2,1-5H3,(H,33,36)(H,34,35)/b7-6+. The van der Waals surface area contributed by atoms with E-state index in [1.54, 1.807) is 6.08 Å². The van der Waals surface area contributed by atoms with E-state index in [4.69, 9.17) is 28.9 Å². The number of nitrogens with zero attached hydrogens (tertiary/aromatic N) is 1. The number of hydrogen-bond donors (Lipinski definition) is 3. The molecule has 0 bridgehead atoms. The summed E-state index contributed by atoms with van der Waals surface area (Å²) in [7, 11) is 0. The molecule has 0 aromatic heterocycles. The molecule has 0 fully saturated rings. The highest BCUT2D eigenvalue weighted by atomic mass is 32.2. The Kier molecular flexibility index (Phi) is 21.6. The van der Waals surface area contributed by atoms with E-state index in [0.717, 1.165) is 24.0 Å². The Morgan fingerprint density at radius 2 is 1.81 bits per heavy atom. The van der Waals surface area contributed by atoms with Crippen LogP contribution in [-0.4, -0.2) is 89.2 Å². The highest BCUT2D eigenvalue weighted by Gasteiger charge is 2.17. The van der Waals surface area contributed by atoms with Gasteiger partial charge < -0.3 is 39.6 Å². The second-order valence-electron chi connectivity index (χ2n) is 10.4. The van der Waals surface area contributed by atoms with Gasteiger partial charge in [-0.25, -0.2) is 0 Å². The zero-order chi connectivity index (χ0) is 31.0. The van der Waals surface area contributed by atoms with Gasteiger partial charge in [-0.05, 0) is 42.2 Å². The van der Waals surface area contributed by atoms with Gasteiger partial charge in [0.1, 0.15) is 24.4 Å². The summed E-state index contributed by atoms with van der Waals surface area (Å²) < 4.78 is 27.9. The van der Waals surface area contributed by atoms with Crippen LogP contribution >= 0.6 is 11.8 Å². The Morgan fingerprint density at radius 1 is 1.07 bits per heavy atom. The van der Waals surface area contributed by atoms with Gasteiger partial charge in [0.05, 0.1) is 46.1 Å². The van der Waals surface area contributed by atoms with Crippen LogP contribution < -0.4 is 16.0 Å². The number of thiocyanates is 1. The molecule has 0 spiro atoms. The van der Waals surface area contributed by atoms with Crippen molar-refractivity contribution in [2.24, 2.45) is 11.8 Å². The third kappa shape index (κ3) is 21.3. The van der Waals surface area contributed by atoms with Crippen LogP contribution in [0.15, 0.2) is 35.8 Å². The van der Waals surface area contributed by atoms with Crippen molar-refractivity contribution in [3.05, 3.63) is 35.8 Å². The average Bonchev–Trinajstić information content (AvgIpc) is 2.92. The number of carbonyl (C=O) groups is 2. The van der Waals surface area contributed by atoms with E-state index in [0.29, 0.717) is 57.1 Å². The molecular weight excluding hydrogens is 560 g/mol. The van der Waals surface area contributed by atoms with Crippen molar-refractivity contribution in [2.45, 2.75) is 58.9 Å². The molecule has 0 saturated heterocycles. The van der Waals surface area contributed by atoms with Gasteiger partial charge in [0.2, 0.25) is 11.8 Å². The first-order chi connectivity index (χ1) is 20.2. The molecule has 0 radical (unpaired) electrons. The van der Waals surface area contributed by atoms with Gasteiger partial charge in [0.15, 0.2) is 5.44 Å². The molecule has 11 nitrogen and oxygen atoms in total. The third-order valence-corrected chi connectivity index (χ3v) is 6.16. The van der Waals surface area contributed by atoms with Crippen molar-refractivity contribution in [1.82, 2.24) is 16.0 Å². The first-order valence-corrected chi connectivity index (χ1v) is 15.5. The molecule has 1 aliphatic rings. The molecule has 0 aliphatic heterocycles. The molecule has 0 aromatic rings. The highest BCUT2D eigenvalue weighted by Crippen LogP contribution is 2.23. The maximum Gasteiger partial charge on any atom is 0.246 e. The number of hydrogen-bond acceptors (Lipinski definition) is 10. The van der Waals surface area contributed by atoms with Crippen molar-refractivity contribution in [1.29, 1.82) is 5.26 Å². The van der Waals surface area contributed by atoms with Crippen LogP contribution in [0.2, 0.25) is 0 Å². The van der Waals surface area contributed by atoms with Crippen molar-refractivity contribution in [2.75, 3.05) is 65.9 Å². The molecule has 3 N–H and O–H groups in total. The first-order valence-electron chi connectivity index (χ1n) is 14.6. The van der Waals surface area contributed by atoms with E-state index in [1.165, 1.54) is 0 Å². The van der Waals surface area contributed by atoms with Gasteiger partial charge in [-0.1, -0.05) is 46.8 Å². The van der Waals surface area contributed by atoms with E-state index < -0.39 is 5.44 Å². The minimum atomic E-state index is -0.536. The molecule has 42 heavy (non-hydrogen) atoms. The number of carbonyl (C=O) groups excluding carboxylic acids is 2. The van der Waals surface area contributed by atoms with E-state index in [-0.39, 0.29) is 50.6 Å². The summed E-state index contributed by atoms with van der Waals surface area (Å²) >= 11 is 0.949. The highest BCUT2D eigenvalue weighted by molar-refractivity contribution is 8.04. The lowest BCUT2D eigenvalue weighted by Gasteiger charge is -2.21. The molecule has 0 heterocycles. The number of thioether (sulfide) groups is 1. The lowest BCUT2D eigenvalue weighted by molar-refractivity contribution is -0.126. The summed E-state index contributed by atoms with van der Waals surface area (Å²) in [4.78, 5) is 24.2. The van der Waals surface area contributed by atoms with Crippen LogP contribution in [0.5, 0.6) is 0 Å². The predicted molar refractivity (Wildman–Crippen MR) is 164 cm³/mol. The Labute approximate surface area is 255 Å². The molecule has 2 atom stereocenters. The monoisotopic (exact) mass is 610 g/mol. The van der Waals surface area contributed by atoms with Crippen molar-refractivity contribution in [3.63, 3.8) is 0 Å². The summed E-state index contributed by atoms with van der Waals surface area (Å²) in [6, 6.07) is 0.433. The molecule has 12 heteroatoms. The topological polar surface area (TPSA) is 140 Å². The molecule has 0 aromatic carbocycles. The van der Waals surface area contributed by atoms with Gasteiger partial charge in [-0.3, -0.25) is 9.59 Å². The lowest BCUT2D eigenvalue weighted by Crippen LogP contribution is -2.28. The van der Waals surface area contributed by atoms with Crippen molar-refractivity contribution in [3.8, 4) is 5.40 Å². The quantitative estimate of drug-likeness (QED) is 0.0646. The maximum atomic E-state index is 12.4. The van der Waals surface area contributed by atoms with Gasteiger partial charge in [-0.15, -0.1) is 0 Å². The summed E-state index contributed by atoms with van der Waals surface area (Å²) in [6.07, 6.45) is 8.63. The second-order valence-corrected chi connectivity index (χ2v) is 11.3. The van der Waals surface area contributed by atoms with E-state index in [9.17, 15) is 9.59 Å². The summed E-state index contributed by atoms with van der Waals surface area (Å²) in [5.41, 5.74) is 0.230. The minimum absolute atomic E-state index is 0.0630. The smallest absolute Gasteiger partial charge is 0.246 e. The number of amides is 2. The average molecular weight is 611 g/mol. The largest absolute Gasteiger partial charge is 0.490 e. The third-order valence-electron chi connectivity index (χ3n) is 5.52. The summed E-state index contributed by atoms with van der Waals surface area (Å²) in [6.45, 7) is 14.0. The van der Waals surface area contributed by atoms with Gasteiger partial charge >= 0.3 is 0 Å². The first kappa shape index (κ1) is 37.6. The Balaban J connectivity index is 2.29. The van der Waals surface area contributed by atoms with Crippen molar-refractivity contribution >= 4 is 23.6 Å². The zero-order valence-corrected chi connectivity index (χ0v) is 26.6. The van der Waals surface area contributed by atoms with Crippen LogP contribution in [0, 0.1) is 22.5 Å². The number of nitrogens with one attached hydrogen (secondary N) is 3. The van der Waals surface area contributed by atoms with Crippen molar-refractivity contribution < 1.29 is 33.3 Å². The fourth-order valence-electron chi connectivity index (χ4n) is 3.60. The molecule has 2 amide bonds. The molecule has 1 aliphatic carbocycles. The Hall–Kier alpha value is -2.40. The second kappa shape index (κ2) is 24.1. The van der Waals surface area contributed by atoms with Crippen LogP contribution in [0.25, 0.3) is 0 Å². The van der Waals surface area contributed by atoms with E-state index in [1.807, 2.05) is 30.6 Å². The Morgan fingerprint density at radius 3 is 2.52 bits per heavy atom. The fraction of sp³-hybridized carbons (Fsp3) is 0.700. The number of rotatable bonds is 24. The summed E-state index contributed by atoms with van der Waals surface area (Å²) in [5.74, 6) is 0.882. The summed E-state index contributed by atoms with van der Waals surface area (Å²) in [5, 5.41) is 20.1. The number of allylic oxidation sites excluding steroid dienone is 4. The predicted octanol–water partition coefficient (Wildman–Crippen LogP) is 3.25. The van der Waals surface area contributed by atoms with E-state index >= 15 is 0 Å². The lowest BCUT2D eigenvalue weighted by atomic mass is 9.99. The molecular formula is C30H50N4O7S.